The Balaban J connectivity index is 1.08. The van der Waals surface area contributed by atoms with Crippen LogP contribution in [-0.2, 0) is 0 Å². The average molecular weight is 728 g/mol. The number of rotatable bonds is 6. The zero-order valence-corrected chi connectivity index (χ0v) is 30.8. The first-order valence-corrected chi connectivity index (χ1v) is 19.1. The summed E-state index contributed by atoms with van der Waals surface area (Å²) < 4.78 is 2.39. The third kappa shape index (κ3) is 5.72. The second-order valence-corrected chi connectivity index (χ2v) is 14.3. The molecule has 0 saturated carbocycles. The molecule has 0 aliphatic carbocycles. The highest BCUT2D eigenvalue weighted by Crippen LogP contribution is 2.42. The zero-order chi connectivity index (χ0) is 37.7. The van der Waals surface area contributed by atoms with Crippen molar-refractivity contribution in [2.24, 2.45) is 0 Å². The lowest BCUT2D eigenvalue weighted by Gasteiger charge is -2.13. The molecule has 0 amide bonds. The van der Waals surface area contributed by atoms with Gasteiger partial charge in [0.05, 0.1) is 22.2 Å². The average Bonchev–Trinajstić information content (AvgIpc) is 3.64. The first-order chi connectivity index (χ1) is 28.2. The quantitative estimate of drug-likeness (QED) is 0.160. The Morgan fingerprint density at radius 2 is 0.789 bits per heavy atom. The molecule has 11 aromatic rings. The molecule has 5 heteroatoms. The van der Waals surface area contributed by atoms with Crippen LogP contribution in [0.1, 0.15) is 0 Å². The third-order valence-electron chi connectivity index (χ3n) is 10.8. The van der Waals surface area contributed by atoms with Gasteiger partial charge in [0, 0.05) is 44.1 Å². The number of aromatic nitrogens is 5. The van der Waals surface area contributed by atoms with Gasteiger partial charge in [-0.1, -0.05) is 170 Å². The summed E-state index contributed by atoms with van der Waals surface area (Å²) in [7, 11) is 0. The van der Waals surface area contributed by atoms with Crippen molar-refractivity contribution in [3.05, 3.63) is 200 Å². The van der Waals surface area contributed by atoms with E-state index in [1.165, 1.54) is 10.9 Å². The predicted octanol–water partition coefficient (Wildman–Crippen LogP) is 13.0. The number of hydrogen-bond acceptors (Lipinski definition) is 4. The summed E-state index contributed by atoms with van der Waals surface area (Å²) in [6, 6.07) is 69.8. The summed E-state index contributed by atoms with van der Waals surface area (Å²) >= 11 is 0. The number of nitrogens with zero attached hydrogens (tertiary/aromatic N) is 5. The summed E-state index contributed by atoms with van der Waals surface area (Å²) in [5.41, 5.74) is 11.4. The molecule has 0 aliphatic rings. The lowest BCUT2D eigenvalue weighted by molar-refractivity contribution is 1.07. The topological polar surface area (TPSA) is 56.5 Å². The van der Waals surface area contributed by atoms with E-state index in [4.69, 9.17) is 19.9 Å². The largest absolute Gasteiger partial charge is 0.308 e. The number of hydrogen-bond donors (Lipinski definition) is 0. The van der Waals surface area contributed by atoms with Gasteiger partial charge in [0.1, 0.15) is 0 Å². The molecule has 0 radical (unpaired) electrons. The molecule has 0 bridgehead atoms. The first-order valence-electron chi connectivity index (χ1n) is 19.1. The molecule has 0 atom stereocenters. The molecule has 0 saturated heterocycles. The molecule has 5 nitrogen and oxygen atoms in total. The summed E-state index contributed by atoms with van der Waals surface area (Å²) in [5, 5.41) is 5.75. The Kier molecular flexibility index (Phi) is 7.74. The third-order valence-corrected chi connectivity index (χ3v) is 10.8. The van der Waals surface area contributed by atoms with Crippen molar-refractivity contribution >= 4 is 43.5 Å². The van der Waals surface area contributed by atoms with Gasteiger partial charge < -0.3 is 4.57 Å². The predicted molar refractivity (Wildman–Crippen MR) is 234 cm³/mol. The molecule has 57 heavy (non-hydrogen) atoms. The van der Waals surface area contributed by atoms with E-state index in [1.54, 1.807) is 0 Å². The van der Waals surface area contributed by atoms with E-state index < -0.39 is 0 Å². The van der Waals surface area contributed by atoms with Crippen molar-refractivity contribution in [3.63, 3.8) is 0 Å². The Hall–Kier alpha value is -7.76. The number of benzene rings is 8. The number of fused-ring (bicyclic) bond motifs is 6. The minimum Gasteiger partial charge on any atom is -0.308 e. The van der Waals surface area contributed by atoms with E-state index in [-0.39, 0.29) is 0 Å². The maximum atomic E-state index is 5.47. The Bertz CT molecular complexity index is 3250. The van der Waals surface area contributed by atoms with E-state index in [0.29, 0.717) is 17.5 Å². The standard InChI is InChI=1S/C52H33N5/c1-4-14-34(15-5-1)35-24-28-38(29-25-35)51-54-50(37-16-6-2-7-17-37)55-52(56-51)39-30-26-36(27-31-39)48-47-43-22-12-13-23-46(43)57(42-20-8-3-9-21-42)49(47)44-32-40-18-10-11-19-41(40)33-45(44)53-48/h1-33H. The van der Waals surface area contributed by atoms with Crippen molar-refractivity contribution in [2.45, 2.75) is 0 Å². The van der Waals surface area contributed by atoms with Gasteiger partial charge in [0.25, 0.3) is 0 Å². The first kappa shape index (κ1) is 32.7. The fraction of sp³-hybridized carbons (Fsp3) is 0. The van der Waals surface area contributed by atoms with Crippen LogP contribution in [0.2, 0.25) is 0 Å². The van der Waals surface area contributed by atoms with Crippen LogP contribution in [0, 0.1) is 0 Å². The Morgan fingerprint density at radius 3 is 1.42 bits per heavy atom. The van der Waals surface area contributed by atoms with Crippen molar-refractivity contribution in [1.29, 1.82) is 0 Å². The van der Waals surface area contributed by atoms with Crippen LogP contribution >= 0.6 is 0 Å². The normalized spacial score (nSPS) is 11.5. The van der Waals surface area contributed by atoms with Crippen LogP contribution in [0.15, 0.2) is 200 Å². The molecular formula is C52H33N5. The highest BCUT2D eigenvalue weighted by atomic mass is 15.0. The molecule has 0 fully saturated rings. The van der Waals surface area contributed by atoms with Gasteiger partial charge >= 0.3 is 0 Å². The molecule has 0 aliphatic heterocycles. The lowest BCUT2D eigenvalue weighted by atomic mass is 9.99. The van der Waals surface area contributed by atoms with Gasteiger partial charge in [0.2, 0.25) is 0 Å². The van der Waals surface area contributed by atoms with Gasteiger partial charge in [-0.15, -0.1) is 0 Å². The summed E-state index contributed by atoms with van der Waals surface area (Å²) in [6.45, 7) is 0. The Labute approximate surface area is 329 Å². The van der Waals surface area contributed by atoms with E-state index >= 15 is 0 Å². The highest BCUT2D eigenvalue weighted by Gasteiger charge is 2.21. The maximum Gasteiger partial charge on any atom is 0.164 e. The second kappa shape index (κ2) is 13.5. The molecule has 266 valence electrons. The molecule has 0 spiro atoms. The van der Waals surface area contributed by atoms with E-state index in [2.05, 4.69) is 168 Å². The molecule has 3 heterocycles. The number of pyridine rings is 1. The fourth-order valence-electron chi connectivity index (χ4n) is 8.05. The molecule has 0 unspecified atom stereocenters. The van der Waals surface area contributed by atoms with Crippen molar-refractivity contribution in [1.82, 2.24) is 24.5 Å². The Morgan fingerprint density at radius 1 is 0.333 bits per heavy atom. The lowest BCUT2D eigenvalue weighted by Crippen LogP contribution is -2.00. The summed E-state index contributed by atoms with van der Waals surface area (Å²) in [5.74, 6) is 1.87. The van der Waals surface area contributed by atoms with Crippen LogP contribution < -0.4 is 0 Å². The van der Waals surface area contributed by atoms with Crippen molar-refractivity contribution < 1.29 is 0 Å². The van der Waals surface area contributed by atoms with Crippen LogP contribution in [0.3, 0.4) is 0 Å². The second-order valence-electron chi connectivity index (χ2n) is 14.3. The smallest absolute Gasteiger partial charge is 0.164 e. The van der Waals surface area contributed by atoms with Gasteiger partial charge in [-0.25, -0.2) is 19.9 Å². The summed E-state index contributed by atoms with van der Waals surface area (Å²) in [4.78, 5) is 20.5. The molecular weight excluding hydrogens is 695 g/mol. The van der Waals surface area contributed by atoms with Crippen molar-refractivity contribution in [2.75, 3.05) is 0 Å². The van der Waals surface area contributed by atoms with Crippen LogP contribution in [0.5, 0.6) is 0 Å². The maximum absolute atomic E-state index is 5.47. The zero-order valence-electron chi connectivity index (χ0n) is 30.8. The van der Waals surface area contributed by atoms with Gasteiger partial charge in [-0.2, -0.15) is 0 Å². The van der Waals surface area contributed by atoms with Gasteiger partial charge in [-0.05, 0) is 52.2 Å². The minimum absolute atomic E-state index is 0.612. The SMILES string of the molecule is c1ccc(-c2ccc(-c3nc(-c4ccccc4)nc(-c4ccc(-c5nc6cc7ccccc7cc6c6c5c5ccccc5n6-c5ccccc5)cc4)n3)cc2)cc1. The van der Waals surface area contributed by atoms with E-state index in [0.717, 1.165) is 77.3 Å². The monoisotopic (exact) mass is 727 g/mol. The van der Waals surface area contributed by atoms with Crippen LogP contribution in [0.4, 0.5) is 0 Å². The summed E-state index contributed by atoms with van der Waals surface area (Å²) in [6.07, 6.45) is 0. The van der Waals surface area contributed by atoms with Gasteiger partial charge in [0.15, 0.2) is 17.5 Å². The highest BCUT2D eigenvalue weighted by molar-refractivity contribution is 6.23. The number of para-hydroxylation sites is 2. The van der Waals surface area contributed by atoms with Crippen LogP contribution in [-0.4, -0.2) is 24.5 Å². The fourth-order valence-corrected chi connectivity index (χ4v) is 8.05. The van der Waals surface area contributed by atoms with Crippen LogP contribution in [0.25, 0.3) is 106 Å². The van der Waals surface area contributed by atoms with Gasteiger partial charge in [-0.3, -0.25) is 0 Å². The minimum atomic E-state index is 0.612. The molecule has 11 rings (SSSR count). The van der Waals surface area contributed by atoms with E-state index in [9.17, 15) is 0 Å². The molecule has 0 N–H and O–H groups in total. The van der Waals surface area contributed by atoms with Crippen molar-refractivity contribution in [3.8, 4) is 62.2 Å². The molecule has 8 aromatic carbocycles. The van der Waals surface area contributed by atoms with E-state index in [1.807, 2.05) is 36.4 Å². The molecule has 3 aromatic heterocycles.